The average molecular weight is 427 g/mol. The van der Waals surface area contributed by atoms with E-state index in [1.807, 2.05) is 0 Å². The zero-order chi connectivity index (χ0) is 22.4. The quantitative estimate of drug-likeness (QED) is 0.570. The van der Waals surface area contributed by atoms with Crippen molar-refractivity contribution in [1.82, 2.24) is 0 Å². The van der Waals surface area contributed by atoms with Gasteiger partial charge in [0.25, 0.3) is 0 Å². The molecule has 172 valence electrons. The summed E-state index contributed by atoms with van der Waals surface area (Å²) in [4.78, 5) is 0. The van der Waals surface area contributed by atoms with Gasteiger partial charge in [-0.2, -0.15) is 0 Å². The summed E-state index contributed by atoms with van der Waals surface area (Å²) in [6, 6.07) is 4.32. The van der Waals surface area contributed by atoms with Crippen molar-refractivity contribution < 1.29 is 14.6 Å². The molecule has 0 unspecified atom stereocenters. The average Bonchev–Trinajstić information content (AvgIpc) is 2.70. The Morgan fingerprint density at radius 1 is 0.903 bits per heavy atom. The highest BCUT2D eigenvalue weighted by molar-refractivity contribution is 5.49. The number of aliphatic hydroxyl groups excluding tert-OH is 1. The van der Waals surface area contributed by atoms with E-state index in [9.17, 15) is 5.11 Å². The van der Waals surface area contributed by atoms with Crippen LogP contribution in [0.1, 0.15) is 84.3 Å². The lowest BCUT2D eigenvalue weighted by Gasteiger charge is -2.69. The van der Waals surface area contributed by atoms with Crippen molar-refractivity contribution in [2.75, 3.05) is 7.11 Å². The van der Waals surface area contributed by atoms with Crippen molar-refractivity contribution in [2.24, 2.45) is 34.0 Å². The first-order valence-corrected chi connectivity index (χ1v) is 12.5. The molecule has 5 rings (SSSR count). The van der Waals surface area contributed by atoms with E-state index in [4.69, 9.17) is 9.47 Å². The van der Waals surface area contributed by atoms with Gasteiger partial charge in [0, 0.05) is 5.92 Å². The summed E-state index contributed by atoms with van der Waals surface area (Å²) in [7, 11) is 1.76. The largest absolute Gasteiger partial charge is 0.497 e. The molecule has 3 heteroatoms. The number of hydrogen-bond acceptors (Lipinski definition) is 3. The molecule has 3 nitrogen and oxygen atoms in total. The van der Waals surface area contributed by atoms with Crippen LogP contribution in [0.3, 0.4) is 0 Å². The molecule has 1 N–H and O–H groups in total. The Bertz CT molecular complexity index is 890. The SMILES string of the molecule is COc1cc(C)c2c(c1)C[C@H]1[C@]3(C)CC[C@H]4C(C)(C)[C@@H](O)CC[C@]4(C)[C@H]3CC[C@]1(C)O2. The highest BCUT2D eigenvalue weighted by atomic mass is 16.5. The van der Waals surface area contributed by atoms with Crippen LogP contribution in [-0.2, 0) is 6.42 Å². The number of ether oxygens (including phenoxy) is 2. The first-order valence-electron chi connectivity index (χ1n) is 12.5. The summed E-state index contributed by atoms with van der Waals surface area (Å²) >= 11 is 0. The van der Waals surface area contributed by atoms with Crippen LogP contribution in [0, 0.1) is 40.9 Å². The van der Waals surface area contributed by atoms with Crippen LogP contribution in [0.25, 0.3) is 0 Å². The Kier molecular flexibility index (Phi) is 4.64. The Morgan fingerprint density at radius 3 is 2.26 bits per heavy atom. The minimum Gasteiger partial charge on any atom is -0.497 e. The second-order valence-corrected chi connectivity index (χ2v) is 12.7. The highest BCUT2D eigenvalue weighted by Gasteiger charge is 2.66. The van der Waals surface area contributed by atoms with E-state index >= 15 is 0 Å². The number of methoxy groups -OCH3 is 1. The predicted molar refractivity (Wildman–Crippen MR) is 125 cm³/mol. The zero-order valence-corrected chi connectivity index (χ0v) is 20.7. The van der Waals surface area contributed by atoms with Gasteiger partial charge < -0.3 is 14.6 Å². The third kappa shape index (κ3) is 2.81. The van der Waals surface area contributed by atoms with Gasteiger partial charge in [0.05, 0.1) is 13.2 Å². The molecule has 3 aliphatic carbocycles. The maximum atomic E-state index is 10.8. The first-order chi connectivity index (χ1) is 14.5. The van der Waals surface area contributed by atoms with Gasteiger partial charge in [-0.05, 0) is 110 Å². The summed E-state index contributed by atoms with van der Waals surface area (Å²) < 4.78 is 12.5. The van der Waals surface area contributed by atoms with Gasteiger partial charge in [0.15, 0.2) is 0 Å². The van der Waals surface area contributed by atoms with Crippen molar-refractivity contribution in [3.05, 3.63) is 23.3 Å². The fourth-order valence-electron chi connectivity index (χ4n) is 9.21. The van der Waals surface area contributed by atoms with E-state index in [-0.39, 0.29) is 22.5 Å². The summed E-state index contributed by atoms with van der Waals surface area (Å²) in [6.07, 6.45) is 7.88. The molecule has 3 saturated carbocycles. The van der Waals surface area contributed by atoms with Crippen molar-refractivity contribution in [2.45, 2.75) is 98.2 Å². The van der Waals surface area contributed by atoms with Gasteiger partial charge in [-0.25, -0.2) is 0 Å². The first kappa shape index (κ1) is 21.6. The van der Waals surface area contributed by atoms with Crippen molar-refractivity contribution in [3.8, 4) is 11.5 Å². The lowest BCUT2D eigenvalue weighted by Crippen LogP contribution is -2.66. The molecule has 0 amide bonds. The van der Waals surface area contributed by atoms with Gasteiger partial charge in [-0.1, -0.05) is 27.7 Å². The summed E-state index contributed by atoms with van der Waals surface area (Å²) in [5.74, 6) is 3.86. The molecular formula is C28H42O3. The van der Waals surface area contributed by atoms with Crippen molar-refractivity contribution >= 4 is 0 Å². The summed E-state index contributed by atoms with van der Waals surface area (Å²) in [5, 5.41) is 10.8. The molecule has 1 aromatic rings. The number of aryl methyl sites for hydroxylation is 1. The van der Waals surface area contributed by atoms with E-state index in [0.29, 0.717) is 23.2 Å². The number of fused-ring (bicyclic) bond motifs is 6. The van der Waals surface area contributed by atoms with Crippen LogP contribution >= 0.6 is 0 Å². The monoisotopic (exact) mass is 426 g/mol. The molecule has 31 heavy (non-hydrogen) atoms. The third-order valence-electron chi connectivity index (χ3n) is 10.9. The van der Waals surface area contributed by atoms with E-state index in [2.05, 4.69) is 53.7 Å². The standard InChI is InChI=1S/C28H42O3/c1-17-14-19(30-7)15-18-16-22-27(5)11-8-20-25(2,3)23(29)10-12-26(20,4)21(27)9-13-28(22,6)31-24(17)18/h14-15,20-23,29H,8-13,16H2,1-7H3/t20-,21+,22-,23-,26-,27+,28-/m0/s1. The van der Waals surface area contributed by atoms with Gasteiger partial charge in [0.2, 0.25) is 0 Å². The van der Waals surface area contributed by atoms with Crippen molar-refractivity contribution in [3.63, 3.8) is 0 Å². The number of hydrogen-bond donors (Lipinski definition) is 1. The normalized spacial score (nSPS) is 45.4. The molecule has 0 bridgehead atoms. The molecule has 4 aliphatic rings. The van der Waals surface area contributed by atoms with E-state index in [1.165, 1.54) is 30.4 Å². The molecule has 0 aromatic heterocycles. The Balaban J connectivity index is 1.55. The fraction of sp³-hybridized carbons (Fsp3) is 0.786. The minimum atomic E-state index is -0.163. The molecule has 0 spiro atoms. The third-order valence-corrected chi connectivity index (χ3v) is 10.9. The minimum absolute atomic E-state index is 0.00915. The van der Waals surface area contributed by atoms with E-state index in [0.717, 1.165) is 37.2 Å². The topological polar surface area (TPSA) is 38.7 Å². The Hall–Kier alpha value is -1.22. The summed E-state index contributed by atoms with van der Waals surface area (Å²) in [6.45, 7) is 14.3. The van der Waals surface area contributed by atoms with Gasteiger partial charge in [0.1, 0.15) is 17.1 Å². The fourth-order valence-corrected chi connectivity index (χ4v) is 9.21. The molecule has 0 radical (unpaired) electrons. The van der Waals surface area contributed by atoms with Crippen LogP contribution in [0.2, 0.25) is 0 Å². The van der Waals surface area contributed by atoms with Crippen molar-refractivity contribution in [1.29, 1.82) is 0 Å². The number of aliphatic hydroxyl groups is 1. The van der Waals surface area contributed by atoms with Crippen LogP contribution in [0.5, 0.6) is 11.5 Å². The number of rotatable bonds is 1. The second kappa shape index (κ2) is 6.65. The second-order valence-electron chi connectivity index (χ2n) is 12.7. The van der Waals surface area contributed by atoms with E-state index < -0.39 is 0 Å². The maximum absolute atomic E-state index is 10.8. The van der Waals surface area contributed by atoms with E-state index in [1.54, 1.807) is 7.11 Å². The maximum Gasteiger partial charge on any atom is 0.126 e. The van der Waals surface area contributed by atoms with Gasteiger partial charge in [-0.15, -0.1) is 0 Å². The Labute approximate surface area is 188 Å². The van der Waals surface area contributed by atoms with Crippen LogP contribution in [-0.4, -0.2) is 23.9 Å². The van der Waals surface area contributed by atoms with Crippen LogP contribution < -0.4 is 9.47 Å². The Morgan fingerprint density at radius 2 is 1.55 bits per heavy atom. The molecular weight excluding hydrogens is 384 g/mol. The molecule has 1 aromatic carbocycles. The van der Waals surface area contributed by atoms with Gasteiger partial charge in [-0.3, -0.25) is 0 Å². The molecule has 7 atom stereocenters. The highest BCUT2D eigenvalue weighted by Crippen LogP contribution is 2.70. The number of benzene rings is 1. The van der Waals surface area contributed by atoms with Gasteiger partial charge >= 0.3 is 0 Å². The smallest absolute Gasteiger partial charge is 0.126 e. The lowest BCUT2D eigenvalue weighted by molar-refractivity contribution is -0.223. The molecule has 0 saturated heterocycles. The van der Waals surface area contributed by atoms with Crippen LogP contribution in [0.15, 0.2) is 12.1 Å². The molecule has 1 heterocycles. The van der Waals surface area contributed by atoms with Crippen LogP contribution in [0.4, 0.5) is 0 Å². The zero-order valence-electron chi connectivity index (χ0n) is 20.7. The predicted octanol–water partition coefficient (Wildman–Crippen LogP) is 6.33. The summed E-state index contributed by atoms with van der Waals surface area (Å²) in [5.41, 5.74) is 3.01. The molecule has 1 aliphatic heterocycles. The lowest BCUT2D eigenvalue weighted by atomic mass is 9.37. The molecule has 3 fully saturated rings.